The van der Waals surface area contributed by atoms with Gasteiger partial charge in [0.05, 0.1) is 4.92 Å². The summed E-state index contributed by atoms with van der Waals surface area (Å²) < 4.78 is 0. The van der Waals surface area contributed by atoms with Crippen molar-refractivity contribution >= 4 is 22.7 Å². The van der Waals surface area contributed by atoms with E-state index in [1.165, 1.54) is 12.1 Å². The maximum atomic E-state index is 10.4. The summed E-state index contributed by atoms with van der Waals surface area (Å²) in [6.45, 7) is 0.701. The molecule has 0 amide bonds. The maximum absolute atomic E-state index is 10.4. The van der Waals surface area contributed by atoms with Crippen LogP contribution in [0.25, 0.3) is 0 Å². The van der Waals surface area contributed by atoms with Gasteiger partial charge in [0.25, 0.3) is 5.69 Å². The molecule has 0 radical (unpaired) electrons. The summed E-state index contributed by atoms with van der Waals surface area (Å²) in [5, 5.41) is 10.4. The van der Waals surface area contributed by atoms with Gasteiger partial charge in [-0.15, -0.1) is 17.0 Å². The molecule has 2 N–H and O–H groups in total. The summed E-state index contributed by atoms with van der Waals surface area (Å²) in [5.41, 5.74) is 6.64. The zero-order valence-corrected chi connectivity index (χ0v) is 10.1. The first-order valence-corrected chi connectivity index (χ1v) is 4.67. The van der Waals surface area contributed by atoms with Crippen LogP contribution >= 0.6 is 17.0 Å². The van der Waals surface area contributed by atoms with E-state index in [9.17, 15) is 10.1 Å². The smallest absolute Gasteiger partial charge is 0.269 e. The molecule has 0 spiro atoms. The second-order valence-corrected chi connectivity index (χ2v) is 3.17. The van der Waals surface area contributed by atoms with Gasteiger partial charge in [0, 0.05) is 12.1 Å². The highest BCUT2D eigenvalue weighted by molar-refractivity contribution is 8.93. The molecule has 0 aliphatic carbocycles. The van der Waals surface area contributed by atoms with Crippen LogP contribution in [0.15, 0.2) is 24.3 Å². The molecule has 5 heteroatoms. The van der Waals surface area contributed by atoms with Gasteiger partial charge in [0.15, 0.2) is 0 Å². The molecular formula is C10H15BrN2O2. The number of nitro groups is 1. The van der Waals surface area contributed by atoms with Gasteiger partial charge < -0.3 is 5.73 Å². The maximum Gasteiger partial charge on any atom is 0.269 e. The Morgan fingerprint density at radius 1 is 1.20 bits per heavy atom. The van der Waals surface area contributed by atoms with E-state index in [0.717, 1.165) is 24.8 Å². The molecule has 1 rings (SSSR count). The number of nitro benzene ring substituents is 1. The van der Waals surface area contributed by atoms with Gasteiger partial charge in [-0.25, -0.2) is 0 Å². The van der Waals surface area contributed by atoms with Gasteiger partial charge in [-0.05, 0) is 31.4 Å². The molecule has 0 aromatic heterocycles. The number of non-ortho nitro benzene ring substituents is 1. The third kappa shape index (κ3) is 4.90. The van der Waals surface area contributed by atoms with Crippen LogP contribution in [0.5, 0.6) is 0 Å². The zero-order valence-electron chi connectivity index (χ0n) is 8.39. The molecule has 0 bridgehead atoms. The fourth-order valence-electron chi connectivity index (χ4n) is 1.26. The summed E-state index contributed by atoms with van der Waals surface area (Å²) in [5.74, 6) is 0. The molecule has 0 atom stereocenters. The van der Waals surface area contributed by atoms with Gasteiger partial charge in [-0.2, -0.15) is 0 Å². The van der Waals surface area contributed by atoms with Crippen LogP contribution in [0.3, 0.4) is 0 Å². The van der Waals surface area contributed by atoms with Crippen molar-refractivity contribution in [2.75, 3.05) is 6.54 Å². The largest absolute Gasteiger partial charge is 0.330 e. The van der Waals surface area contributed by atoms with Crippen molar-refractivity contribution in [1.82, 2.24) is 0 Å². The molecule has 0 aliphatic heterocycles. The Hall–Kier alpha value is -0.940. The number of unbranched alkanes of at least 4 members (excludes halogenated alkanes) is 1. The zero-order chi connectivity index (χ0) is 10.4. The second-order valence-electron chi connectivity index (χ2n) is 3.17. The molecule has 84 valence electrons. The van der Waals surface area contributed by atoms with E-state index in [4.69, 9.17) is 5.73 Å². The monoisotopic (exact) mass is 274 g/mol. The van der Waals surface area contributed by atoms with Crippen LogP contribution in [0, 0.1) is 10.1 Å². The van der Waals surface area contributed by atoms with Crippen molar-refractivity contribution in [2.24, 2.45) is 5.73 Å². The molecule has 0 heterocycles. The first-order valence-electron chi connectivity index (χ1n) is 4.67. The van der Waals surface area contributed by atoms with E-state index < -0.39 is 0 Å². The van der Waals surface area contributed by atoms with Crippen LogP contribution in [0.4, 0.5) is 5.69 Å². The predicted octanol–water partition coefficient (Wildman–Crippen LogP) is 2.45. The van der Waals surface area contributed by atoms with Gasteiger partial charge in [-0.1, -0.05) is 12.1 Å². The minimum Gasteiger partial charge on any atom is -0.330 e. The van der Waals surface area contributed by atoms with E-state index >= 15 is 0 Å². The van der Waals surface area contributed by atoms with E-state index in [1.54, 1.807) is 12.1 Å². The molecule has 0 fully saturated rings. The van der Waals surface area contributed by atoms with Gasteiger partial charge in [-0.3, -0.25) is 10.1 Å². The molecular weight excluding hydrogens is 260 g/mol. The molecule has 1 aromatic carbocycles. The quantitative estimate of drug-likeness (QED) is 0.509. The Morgan fingerprint density at radius 3 is 2.27 bits per heavy atom. The molecule has 0 saturated heterocycles. The Labute approximate surface area is 99.4 Å². The average Bonchev–Trinajstić information content (AvgIpc) is 2.19. The van der Waals surface area contributed by atoms with Gasteiger partial charge >= 0.3 is 0 Å². The fourth-order valence-corrected chi connectivity index (χ4v) is 1.26. The van der Waals surface area contributed by atoms with Crippen molar-refractivity contribution in [3.05, 3.63) is 39.9 Å². The number of hydrogen-bond acceptors (Lipinski definition) is 3. The third-order valence-corrected chi connectivity index (χ3v) is 2.07. The number of nitrogens with two attached hydrogens (primary N) is 1. The minimum absolute atomic E-state index is 0. The summed E-state index contributed by atoms with van der Waals surface area (Å²) in [4.78, 5) is 9.98. The van der Waals surface area contributed by atoms with E-state index in [0.29, 0.717) is 6.54 Å². The highest BCUT2D eigenvalue weighted by Crippen LogP contribution is 2.13. The number of aryl methyl sites for hydroxylation is 1. The molecule has 0 aliphatic rings. The van der Waals surface area contributed by atoms with E-state index in [-0.39, 0.29) is 27.6 Å². The summed E-state index contributed by atoms with van der Waals surface area (Å²) >= 11 is 0. The summed E-state index contributed by atoms with van der Waals surface area (Å²) in [6, 6.07) is 6.68. The average molecular weight is 275 g/mol. The summed E-state index contributed by atoms with van der Waals surface area (Å²) in [7, 11) is 0. The number of nitrogens with zero attached hydrogens (tertiary/aromatic N) is 1. The Bertz CT molecular complexity index is 301. The number of halogens is 1. The number of hydrogen-bond donors (Lipinski definition) is 1. The molecule has 0 unspecified atom stereocenters. The van der Waals surface area contributed by atoms with Crippen LogP contribution in [0.1, 0.15) is 18.4 Å². The number of rotatable bonds is 5. The fraction of sp³-hybridized carbons (Fsp3) is 0.400. The topological polar surface area (TPSA) is 69.2 Å². The number of benzene rings is 1. The van der Waals surface area contributed by atoms with Crippen LogP contribution in [-0.4, -0.2) is 11.5 Å². The Kier molecular flexibility index (Phi) is 6.90. The molecule has 0 saturated carbocycles. The molecule has 15 heavy (non-hydrogen) atoms. The third-order valence-electron chi connectivity index (χ3n) is 2.07. The van der Waals surface area contributed by atoms with Gasteiger partial charge in [0.1, 0.15) is 0 Å². The van der Waals surface area contributed by atoms with Crippen molar-refractivity contribution in [2.45, 2.75) is 19.3 Å². The Balaban J connectivity index is 0.00000196. The van der Waals surface area contributed by atoms with E-state index in [2.05, 4.69) is 0 Å². The highest BCUT2D eigenvalue weighted by Gasteiger charge is 2.03. The lowest BCUT2D eigenvalue weighted by Gasteiger charge is -1.99. The molecule has 1 aromatic rings. The van der Waals surface area contributed by atoms with Crippen molar-refractivity contribution in [3.63, 3.8) is 0 Å². The lowest BCUT2D eigenvalue weighted by Crippen LogP contribution is -1.99. The lowest BCUT2D eigenvalue weighted by molar-refractivity contribution is -0.384. The second kappa shape index (κ2) is 7.36. The minimum atomic E-state index is -0.385. The SMILES string of the molecule is Br.NCCCCc1ccc([N+](=O)[O-])cc1. The van der Waals surface area contributed by atoms with Crippen LogP contribution in [0.2, 0.25) is 0 Å². The van der Waals surface area contributed by atoms with E-state index in [1.807, 2.05) is 0 Å². The lowest BCUT2D eigenvalue weighted by atomic mass is 10.1. The highest BCUT2D eigenvalue weighted by atomic mass is 79.9. The predicted molar refractivity (Wildman–Crippen MR) is 65.4 cm³/mol. The molecule has 4 nitrogen and oxygen atoms in total. The van der Waals surface area contributed by atoms with Crippen LogP contribution in [-0.2, 0) is 6.42 Å². The summed E-state index contributed by atoms with van der Waals surface area (Å²) in [6.07, 6.45) is 2.97. The standard InChI is InChI=1S/C10H14N2O2.BrH/c11-8-2-1-3-9-4-6-10(7-5-9)12(13)14;/h4-7H,1-3,8,11H2;1H. The van der Waals surface area contributed by atoms with Crippen molar-refractivity contribution < 1.29 is 4.92 Å². The Morgan fingerprint density at radius 2 is 1.80 bits per heavy atom. The van der Waals surface area contributed by atoms with Crippen LogP contribution < -0.4 is 5.73 Å². The normalized spacial score (nSPS) is 9.40. The van der Waals surface area contributed by atoms with Crippen molar-refractivity contribution in [3.8, 4) is 0 Å². The van der Waals surface area contributed by atoms with Crippen molar-refractivity contribution in [1.29, 1.82) is 0 Å². The first kappa shape index (κ1) is 14.1. The van der Waals surface area contributed by atoms with Gasteiger partial charge in [0.2, 0.25) is 0 Å². The first-order chi connectivity index (χ1) is 6.74.